The molecule has 1 fully saturated rings. The number of aryl methyl sites for hydroxylation is 2. The molecule has 3 aromatic rings. The lowest BCUT2D eigenvalue weighted by molar-refractivity contribution is -0.123. The number of carbonyl (C=O) groups is 3. The third-order valence-electron chi connectivity index (χ3n) is 6.60. The Labute approximate surface area is 214 Å². The Morgan fingerprint density at radius 3 is 2.28 bits per heavy atom. The molecular formula is C27H31N5O3S. The van der Waals surface area contributed by atoms with Gasteiger partial charge in [0.2, 0.25) is 5.91 Å². The number of primary amides is 1. The number of anilines is 2. The molecule has 3 amide bonds. The molecular weight excluding hydrogens is 474 g/mol. The molecule has 1 heterocycles. The number of rotatable bonds is 8. The van der Waals surface area contributed by atoms with Crippen LogP contribution >= 0.6 is 11.5 Å². The first-order chi connectivity index (χ1) is 17.3. The molecule has 1 aromatic heterocycles. The first-order valence-corrected chi connectivity index (χ1v) is 12.9. The lowest BCUT2D eigenvalue weighted by atomic mass is 10.00. The van der Waals surface area contributed by atoms with Crippen LogP contribution in [0.3, 0.4) is 0 Å². The molecule has 0 saturated heterocycles. The highest BCUT2D eigenvalue weighted by Crippen LogP contribution is 2.34. The molecule has 188 valence electrons. The molecule has 9 heteroatoms. The van der Waals surface area contributed by atoms with E-state index in [0.717, 1.165) is 54.8 Å². The van der Waals surface area contributed by atoms with Gasteiger partial charge in [-0.25, -0.2) is 0 Å². The van der Waals surface area contributed by atoms with E-state index in [9.17, 15) is 14.4 Å². The molecule has 2 aromatic carbocycles. The minimum atomic E-state index is -0.954. The van der Waals surface area contributed by atoms with E-state index in [2.05, 4.69) is 9.69 Å². The first kappa shape index (κ1) is 25.4. The molecule has 0 radical (unpaired) electrons. The average molecular weight is 506 g/mol. The summed E-state index contributed by atoms with van der Waals surface area (Å²) in [6, 6.07) is 14.2. The van der Waals surface area contributed by atoms with Crippen molar-refractivity contribution in [3.05, 3.63) is 75.8 Å². The van der Waals surface area contributed by atoms with Gasteiger partial charge in [0.25, 0.3) is 11.8 Å². The summed E-state index contributed by atoms with van der Waals surface area (Å²) < 4.78 is 4.01. The highest BCUT2D eigenvalue weighted by molar-refractivity contribution is 7.09. The number of hydrogen-bond donors (Lipinski definition) is 3. The standard InChI is InChI=1S/C27H31N5O3S/c1-3-17-10-14-20(15-11-17)32(27(35)24-21(28)22(25(29)33)31-36-24)23(18-12-8-16(2)9-13-18)26(34)30-19-6-4-5-7-19/h8-15,19,23H,3-7,28H2,1-2H3,(H2,29,33)(H,30,34). The number of carbonyl (C=O) groups excluding carboxylic acids is 3. The molecule has 1 saturated carbocycles. The van der Waals surface area contributed by atoms with Crippen LogP contribution in [0.25, 0.3) is 0 Å². The van der Waals surface area contributed by atoms with Gasteiger partial charge in [0.15, 0.2) is 5.69 Å². The molecule has 0 spiro atoms. The summed E-state index contributed by atoms with van der Waals surface area (Å²) in [5.41, 5.74) is 14.6. The zero-order valence-corrected chi connectivity index (χ0v) is 21.3. The number of nitrogens with zero attached hydrogens (tertiary/aromatic N) is 2. The fourth-order valence-electron chi connectivity index (χ4n) is 4.53. The van der Waals surface area contributed by atoms with Crippen molar-refractivity contribution in [1.82, 2.24) is 9.69 Å². The summed E-state index contributed by atoms with van der Waals surface area (Å²) in [5.74, 6) is -1.60. The first-order valence-electron chi connectivity index (χ1n) is 12.1. The van der Waals surface area contributed by atoms with Gasteiger partial charge in [0.05, 0.1) is 5.69 Å². The van der Waals surface area contributed by atoms with Crippen molar-refractivity contribution in [3.63, 3.8) is 0 Å². The fraction of sp³-hybridized carbons (Fsp3) is 0.333. The zero-order chi connectivity index (χ0) is 25.8. The van der Waals surface area contributed by atoms with Gasteiger partial charge < -0.3 is 16.8 Å². The summed E-state index contributed by atoms with van der Waals surface area (Å²) in [7, 11) is 0. The SMILES string of the molecule is CCc1ccc(N(C(=O)c2snc(C(N)=O)c2N)C(C(=O)NC2CCCC2)c2ccc(C)cc2)cc1. The van der Waals surface area contributed by atoms with E-state index in [0.29, 0.717) is 11.3 Å². The lowest BCUT2D eigenvalue weighted by Crippen LogP contribution is -2.46. The van der Waals surface area contributed by atoms with E-state index < -0.39 is 17.9 Å². The van der Waals surface area contributed by atoms with Crippen molar-refractivity contribution in [2.75, 3.05) is 10.6 Å². The maximum atomic E-state index is 14.1. The highest BCUT2D eigenvalue weighted by atomic mass is 32.1. The monoisotopic (exact) mass is 505 g/mol. The van der Waals surface area contributed by atoms with Gasteiger partial charge in [-0.3, -0.25) is 19.3 Å². The van der Waals surface area contributed by atoms with E-state index in [1.807, 2.05) is 62.4 Å². The van der Waals surface area contributed by atoms with E-state index >= 15 is 0 Å². The van der Waals surface area contributed by atoms with E-state index in [4.69, 9.17) is 11.5 Å². The average Bonchev–Trinajstić information content (AvgIpc) is 3.52. The molecule has 1 aliphatic carbocycles. The Hall–Kier alpha value is -3.72. The second kappa shape index (κ2) is 10.9. The predicted molar refractivity (Wildman–Crippen MR) is 142 cm³/mol. The lowest BCUT2D eigenvalue weighted by Gasteiger charge is -2.32. The van der Waals surface area contributed by atoms with Crippen LogP contribution < -0.4 is 21.7 Å². The number of aromatic nitrogens is 1. The highest BCUT2D eigenvalue weighted by Gasteiger charge is 2.37. The van der Waals surface area contributed by atoms with Crippen LogP contribution in [-0.2, 0) is 11.2 Å². The van der Waals surface area contributed by atoms with Gasteiger partial charge in [-0.05, 0) is 61.0 Å². The summed E-state index contributed by atoms with van der Waals surface area (Å²) >= 11 is 0.804. The predicted octanol–water partition coefficient (Wildman–Crippen LogP) is 4.14. The maximum absolute atomic E-state index is 14.1. The Kier molecular flexibility index (Phi) is 7.69. The van der Waals surface area contributed by atoms with E-state index in [1.165, 1.54) is 4.90 Å². The summed E-state index contributed by atoms with van der Waals surface area (Å²) in [4.78, 5) is 41.2. The Balaban J connectivity index is 1.84. The molecule has 0 bridgehead atoms. The molecule has 1 atom stereocenters. The summed E-state index contributed by atoms with van der Waals surface area (Å²) in [5, 5.41) is 3.16. The van der Waals surface area contributed by atoms with Gasteiger partial charge in [-0.2, -0.15) is 4.37 Å². The van der Waals surface area contributed by atoms with Crippen LogP contribution in [0.1, 0.15) is 75.5 Å². The number of nitrogens with two attached hydrogens (primary N) is 2. The molecule has 1 unspecified atom stereocenters. The number of nitrogen functional groups attached to an aromatic ring is 1. The van der Waals surface area contributed by atoms with Crippen molar-refractivity contribution in [3.8, 4) is 0 Å². The second-order valence-electron chi connectivity index (χ2n) is 9.14. The minimum absolute atomic E-state index is 0.0640. The molecule has 36 heavy (non-hydrogen) atoms. The third-order valence-corrected chi connectivity index (χ3v) is 7.45. The molecule has 5 N–H and O–H groups in total. The Morgan fingerprint density at radius 1 is 1.08 bits per heavy atom. The Bertz CT molecular complexity index is 1250. The fourth-order valence-corrected chi connectivity index (χ4v) is 5.27. The van der Waals surface area contributed by atoms with Crippen LogP contribution in [0.5, 0.6) is 0 Å². The van der Waals surface area contributed by atoms with Crippen LogP contribution in [-0.4, -0.2) is 28.1 Å². The third kappa shape index (κ3) is 5.26. The Morgan fingerprint density at radius 2 is 1.72 bits per heavy atom. The van der Waals surface area contributed by atoms with Gasteiger partial charge in [0, 0.05) is 11.7 Å². The molecule has 0 aliphatic heterocycles. The number of amides is 3. The van der Waals surface area contributed by atoms with E-state index in [1.54, 1.807) is 0 Å². The van der Waals surface area contributed by atoms with Crippen molar-refractivity contribution in [2.45, 2.75) is 58.0 Å². The zero-order valence-electron chi connectivity index (χ0n) is 20.5. The van der Waals surface area contributed by atoms with Gasteiger partial charge >= 0.3 is 0 Å². The van der Waals surface area contributed by atoms with Crippen molar-refractivity contribution in [2.24, 2.45) is 5.73 Å². The number of nitrogens with one attached hydrogen (secondary N) is 1. The maximum Gasteiger partial charge on any atom is 0.273 e. The topological polar surface area (TPSA) is 131 Å². The van der Waals surface area contributed by atoms with Crippen molar-refractivity contribution >= 4 is 40.6 Å². The smallest absolute Gasteiger partial charge is 0.273 e. The largest absolute Gasteiger partial charge is 0.395 e. The second-order valence-corrected chi connectivity index (χ2v) is 9.91. The van der Waals surface area contributed by atoms with Crippen LogP contribution in [0.4, 0.5) is 11.4 Å². The van der Waals surface area contributed by atoms with Crippen LogP contribution in [0, 0.1) is 6.92 Å². The quantitative estimate of drug-likeness (QED) is 0.423. The summed E-state index contributed by atoms with van der Waals surface area (Å²) in [6.07, 6.45) is 4.79. The van der Waals surface area contributed by atoms with Gasteiger partial charge in [-0.15, -0.1) is 0 Å². The van der Waals surface area contributed by atoms with Crippen molar-refractivity contribution < 1.29 is 14.4 Å². The van der Waals surface area contributed by atoms with Gasteiger partial charge in [0.1, 0.15) is 10.9 Å². The molecule has 4 rings (SSSR count). The normalized spacial score (nSPS) is 14.4. The summed E-state index contributed by atoms with van der Waals surface area (Å²) in [6.45, 7) is 4.01. The van der Waals surface area contributed by atoms with Crippen LogP contribution in [0.15, 0.2) is 48.5 Å². The van der Waals surface area contributed by atoms with Gasteiger partial charge in [-0.1, -0.05) is 61.7 Å². The minimum Gasteiger partial charge on any atom is -0.395 e. The van der Waals surface area contributed by atoms with Crippen LogP contribution in [0.2, 0.25) is 0 Å². The van der Waals surface area contributed by atoms with E-state index in [-0.39, 0.29) is 28.2 Å². The molecule has 8 nitrogen and oxygen atoms in total. The number of hydrogen-bond acceptors (Lipinski definition) is 6. The number of benzene rings is 2. The molecule has 1 aliphatic rings. The van der Waals surface area contributed by atoms with Crippen molar-refractivity contribution in [1.29, 1.82) is 0 Å².